The lowest BCUT2D eigenvalue weighted by atomic mass is 9.82. The molecule has 0 radical (unpaired) electrons. The predicted molar refractivity (Wildman–Crippen MR) is 99.5 cm³/mol. The molecule has 2 N–H and O–H groups in total. The van der Waals surface area contributed by atoms with Crippen molar-refractivity contribution in [3.05, 3.63) is 35.0 Å². The van der Waals surface area contributed by atoms with E-state index >= 15 is 0 Å². The van der Waals surface area contributed by atoms with Crippen molar-refractivity contribution < 1.29 is 23.4 Å². The zero-order valence-electron chi connectivity index (χ0n) is 15.1. The van der Waals surface area contributed by atoms with Crippen LogP contribution in [-0.4, -0.2) is 47.4 Å². The Labute approximate surface area is 161 Å². The molecule has 3 rings (SSSR count). The molecule has 27 heavy (non-hydrogen) atoms. The minimum Gasteiger partial charge on any atom is -0.388 e. The lowest BCUT2D eigenvalue weighted by Crippen LogP contribution is -2.49. The van der Waals surface area contributed by atoms with Gasteiger partial charge in [-0.05, 0) is 25.0 Å². The molecule has 0 bridgehead atoms. The highest BCUT2D eigenvalue weighted by Crippen LogP contribution is 2.39. The fourth-order valence-electron chi connectivity index (χ4n) is 3.68. The number of carbonyl (C=O) groups is 1. The molecule has 0 aliphatic heterocycles. The molecule has 0 saturated heterocycles. The average Bonchev–Trinajstić information content (AvgIpc) is 2.97. The first-order valence-corrected chi connectivity index (χ1v) is 9.27. The van der Waals surface area contributed by atoms with Gasteiger partial charge in [0.25, 0.3) is 11.8 Å². The minimum absolute atomic E-state index is 0.224. The number of aromatic nitrogens is 1. The van der Waals surface area contributed by atoms with Gasteiger partial charge in [0, 0.05) is 44.6 Å². The van der Waals surface area contributed by atoms with Crippen LogP contribution in [0.1, 0.15) is 36.0 Å². The molecule has 1 saturated carbocycles. The number of benzene rings is 1. The Bertz CT molecular complexity index is 840. The van der Waals surface area contributed by atoms with E-state index in [1.54, 1.807) is 25.4 Å². The molecule has 148 valence electrons. The molecule has 0 unspecified atom stereocenters. The van der Waals surface area contributed by atoms with E-state index in [2.05, 4.69) is 5.32 Å². The molecule has 1 aromatic heterocycles. The number of nitrogens with zero attached hydrogens (tertiary/aromatic N) is 1. The van der Waals surface area contributed by atoms with Crippen LogP contribution in [0.2, 0.25) is 5.02 Å². The standard InChI is InChI=1S/C19H23ClF2N2O3/c1-27-9-8-24-10-13(16-14(20)4-2-5-15(16)24)17(25)23-12-18(26)6-3-7-19(21,22)11-18/h2,4-5,10,26H,3,6-9,11-12H2,1H3,(H,23,25)/t18-/m1/s1. The molecular weight excluding hydrogens is 378 g/mol. The van der Waals surface area contributed by atoms with Crippen LogP contribution < -0.4 is 5.32 Å². The Kier molecular flexibility index (Phi) is 5.74. The van der Waals surface area contributed by atoms with Crippen LogP contribution in [0.15, 0.2) is 24.4 Å². The summed E-state index contributed by atoms with van der Waals surface area (Å²) in [5.74, 6) is -3.36. The van der Waals surface area contributed by atoms with Crippen LogP contribution in [0.3, 0.4) is 0 Å². The largest absolute Gasteiger partial charge is 0.388 e. The van der Waals surface area contributed by atoms with Gasteiger partial charge in [0.15, 0.2) is 0 Å². The van der Waals surface area contributed by atoms with Gasteiger partial charge >= 0.3 is 0 Å². The molecule has 1 heterocycles. The number of hydrogen-bond donors (Lipinski definition) is 2. The molecule has 1 aliphatic rings. The zero-order valence-corrected chi connectivity index (χ0v) is 15.9. The number of methoxy groups -OCH3 is 1. The molecule has 1 aromatic carbocycles. The van der Waals surface area contributed by atoms with E-state index in [0.717, 1.165) is 5.52 Å². The van der Waals surface area contributed by atoms with Crippen molar-refractivity contribution in [1.82, 2.24) is 9.88 Å². The zero-order chi connectivity index (χ0) is 19.7. The number of alkyl halides is 2. The monoisotopic (exact) mass is 400 g/mol. The van der Waals surface area contributed by atoms with Crippen molar-refractivity contribution in [3.8, 4) is 0 Å². The molecule has 1 fully saturated rings. The predicted octanol–water partition coefficient (Wildman–Crippen LogP) is 3.61. The summed E-state index contributed by atoms with van der Waals surface area (Å²) in [6, 6.07) is 5.34. The highest BCUT2D eigenvalue weighted by Gasteiger charge is 2.44. The maximum Gasteiger partial charge on any atom is 0.253 e. The van der Waals surface area contributed by atoms with E-state index in [-0.39, 0.29) is 25.8 Å². The Hall–Kier alpha value is -1.70. The van der Waals surface area contributed by atoms with E-state index in [4.69, 9.17) is 16.3 Å². The summed E-state index contributed by atoms with van der Waals surface area (Å²) in [5.41, 5.74) is -0.471. The number of halogens is 3. The number of fused-ring (bicyclic) bond motifs is 1. The molecule has 0 spiro atoms. The maximum atomic E-state index is 13.6. The first-order chi connectivity index (χ1) is 12.7. The van der Waals surface area contributed by atoms with Crippen molar-refractivity contribution in [1.29, 1.82) is 0 Å². The first kappa shape index (κ1) is 20.0. The highest BCUT2D eigenvalue weighted by atomic mass is 35.5. The van der Waals surface area contributed by atoms with Crippen LogP contribution in [0.5, 0.6) is 0 Å². The Morgan fingerprint density at radius 1 is 1.41 bits per heavy atom. The van der Waals surface area contributed by atoms with E-state index < -0.39 is 23.9 Å². The van der Waals surface area contributed by atoms with Gasteiger partial charge in [0.2, 0.25) is 0 Å². The van der Waals surface area contributed by atoms with Crippen LogP contribution >= 0.6 is 11.6 Å². The smallest absolute Gasteiger partial charge is 0.253 e. The van der Waals surface area contributed by atoms with Gasteiger partial charge in [0.05, 0.1) is 28.3 Å². The molecular formula is C19H23ClF2N2O3. The van der Waals surface area contributed by atoms with Crippen molar-refractivity contribution in [2.45, 2.75) is 43.8 Å². The molecule has 5 nitrogen and oxygen atoms in total. The highest BCUT2D eigenvalue weighted by molar-refractivity contribution is 6.36. The lowest BCUT2D eigenvalue weighted by Gasteiger charge is -2.36. The van der Waals surface area contributed by atoms with Gasteiger partial charge in [-0.3, -0.25) is 4.79 Å². The van der Waals surface area contributed by atoms with E-state index in [1.165, 1.54) is 0 Å². The summed E-state index contributed by atoms with van der Waals surface area (Å²) in [7, 11) is 1.59. The van der Waals surface area contributed by atoms with Crippen LogP contribution in [0.25, 0.3) is 10.9 Å². The van der Waals surface area contributed by atoms with Crippen LogP contribution in [0, 0.1) is 0 Å². The Morgan fingerprint density at radius 3 is 2.89 bits per heavy atom. The molecule has 2 aromatic rings. The van der Waals surface area contributed by atoms with Crippen molar-refractivity contribution >= 4 is 28.4 Å². The fraction of sp³-hybridized carbons (Fsp3) is 0.526. The quantitative estimate of drug-likeness (QED) is 0.778. The summed E-state index contributed by atoms with van der Waals surface area (Å²) >= 11 is 6.29. The molecule has 1 aliphatic carbocycles. The summed E-state index contributed by atoms with van der Waals surface area (Å²) in [4.78, 5) is 12.7. The van der Waals surface area contributed by atoms with E-state index in [1.807, 2.05) is 10.6 Å². The van der Waals surface area contributed by atoms with Gasteiger partial charge in [-0.15, -0.1) is 0 Å². The van der Waals surface area contributed by atoms with Crippen molar-refractivity contribution in [3.63, 3.8) is 0 Å². The van der Waals surface area contributed by atoms with Gasteiger partial charge < -0.3 is 19.7 Å². The van der Waals surface area contributed by atoms with Crippen LogP contribution in [0.4, 0.5) is 8.78 Å². The lowest BCUT2D eigenvalue weighted by molar-refractivity contribution is -0.121. The Morgan fingerprint density at radius 2 is 2.19 bits per heavy atom. The first-order valence-electron chi connectivity index (χ1n) is 8.89. The SMILES string of the molecule is COCCn1cc(C(=O)NC[C@@]2(O)CCCC(F)(F)C2)c2c(Cl)cccc21. The number of amides is 1. The number of carbonyl (C=O) groups excluding carboxylic acids is 1. The second-order valence-corrected chi connectivity index (χ2v) is 7.56. The maximum absolute atomic E-state index is 13.6. The topological polar surface area (TPSA) is 63.5 Å². The summed E-state index contributed by atoms with van der Waals surface area (Å²) in [6.07, 6.45) is 1.26. The number of aliphatic hydroxyl groups is 1. The molecule has 8 heteroatoms. The number of nitrogens with one attached hydrogen (secondary N) is 1. The van der Waals surface area contributed by atoms with E-state index in [0.29, 0.717) is 29.1 Å². The van der Waals surface area contributed by atoms with Gasteiger partial charge in [-0.25, -0.2) is 8.78 Å². The third kappa shape index (κ3) is 4.42. The van der Waals surface area contributed by atoms with Gasteiger partial charge in [-0.1, -0.05) is 17.7 Å². The summed E-state index contributed by atoms with van der Waals surface area (Å²) in [5, 5.41) is 14.1. The Balaban J connectivity index is 1.81. The number of ether oxygens (including phenoxy) is 1. The number of hydrogen-bond acceptors (Lipinski definition) is 3. The van der Waals surface area contributed by atoms with E-state index in [9.17, 15) is 18.7 Å². The van der Waals surface area contributed by atoms with Crippen molar-refractivity contribution in [2.24, 2.45) is 0 Å². The second-order valence-electron chi connectivity index (χ2n) is 7.16. The van der Waals surface area contributed by atoms with Gasteiger partial charge in [-0.2, -0.15) is 0 Å². The molecule has 1 atom stereocenters. The molecule has 1 amide bonds. The third-order valence-corrected chi connectivity index (χ3v) is 5.30. The summed E-state index contributed by atoms with van der Waals surface area (Å²) < 4.78 is 34.2. The fourth-order valence-corrected chi connectivity index (χ4v) is 3.95. The number of rotatable bonds is 6. The minimum atomic E-state index is -2.91. The second kappa shape index (κ2) is 7.73. The van der Waals surface area contributed by atoms with Crippen LogP contribution in [-0.2, 0) is 11.3 Å². The third-order valence-electron chi connectivity index (χ3n) is 4.99. The van der Waals surface area contributed by atoms with Crippen molar-refractivity contribution in [2.75, 3.05) is 20.3 Å². The average molecular weight is 401 g/mol. The summed E-state index contributed by atoms with van der Waals surface area (Å²) in [6.45, 7) is 0.777. The van der Waals surface area contributed by atoms with Gasteiger partial charge in [0.1, 0.15) is 0 Å². The normalized spacial score (nSPS) is 22.1.